The molecule has 2 bridgehead atoms. The van der Waals surface area contributed by atoms with Crippen LogP contribution in [0.25, 0.3) is 0 Å². The Bertz CT molecular complexity index is 244. The highest BCUT2D eigenvalue weighted by Gasteiger charge is 2.34. The smallest absolute Gasteiger partial charge is 0.233 e. The predicted molar refractivity (Wildman–Crippen MR) is 38.5 cm³/mol. The van der Waals surface area contributed by atoms with Crippen molar-refractivity contribution in [1.29, 1.82) is 0 Å². The van der Waals surface area contributed by atoms with E-state index in [0.29, 0.717) is 6.42 Å². The van der Waals surface area contributed by atoms with Crippen LogP contribution < -0.4 is 5.32 Å². The third kappa shape index (κ3) is 0.964. The number of hydrogen-bond acceptors (Lipinski definition) is 2. The van der Waals surface area contributed by atoms with E-state index in [0.717, 1.165) is 6.42 Å². The van der Waals surface area contributed by atoms with Gasteiger partial charge in [0.2, 0.25) is 11.8 Å². The first-order valence-corrected chi connectivity index (χ1v) is 3.79. The van der Waals surface area contributed by atoms with Crippen LogP contribution in [-0.4, -0.2) is 11.8 Å². The Morgan fingerprint density at radius 1 is 1.36 bits per heavy atom. The van der Waals surface area contributed by atoms with Crippen molar-refractivity contribution in [2.45, 2.75) is 12.8 Å². The van der Waals surface area contributed by atoms with E-state index >= 15 is 0 Å². The van der Waals surface area contributed by atoms with Gasteiger partial charge in [-0.2, -0.15) is 0 Å². The monoisotopic (exact) mass is 151 g/mol. The van der Waals surface area contributed by atoms with E-state index in [4.69, 9.17) is 0 Å². The number of carbonyl (C=O) groups excluding carboxylic acids is 2. The number of allylic oxidation sites excluding steroid dienone is 1. The Labute approximate surface area is 64.5 Å². The van der Waals surface area contributed by atoms with Crippen molar-refractivity contribution < 1.29 is 9.59 Å². The minimum absolute atomic E-state index is 0.0442. The molecule has 0 radical (unpaired) electrons. The lowest BCUT2D eigenvalue weighted by Gasteiger charge is -2.28. The molecule has 1 saturated heterocycles. The van der Waals surface area contributed by atoms with Gasteiger partial charge in [0.05, 0.1) is 5.92 Å². The molecular formula is C8H9NO2. The Morgan fingerprint density at radius 3 is 3.00 bits per heavy atom. The number of piperidine rings is 1. The summed E-state index contributed by atoms with van der Waals surface area (Å²) in [5.74, 6) is -0.244. The summed E-state index contributed by atoms with van der Waals surface area (Å²) in [6.45, 7) is 0. The summed E-state index contributed by atoms with van der Waals surface area (Å²) in [5, 5.41) is 2.35. The minimum Gasteiger partial charge on any atom is -0.296 e. The van der Waals surface area contributed by atoms with Crippen molar-refractivity contribution in [2.75, 3.05) is 0 Å². The van der Waals surface area contributed by atoms with Gasteiger partial charge in [0, 0.05) is 5.92 Å². The summed E-state index contributed by atoms with van der Waals surface area (Å²) in [6, 6.07) is 0. The zero-order valence-corrected chi connectivity index (χ0v) is 6.04. The molecule has 58 valence electrons. The van der Waals surface area contributed by atoms with Crippen molar-refractivity contribution >= 4 is 11.8 Å². The zero-order valence-electron chi connectivity index (χ0n) is 6.04. The van der Waals surface area contributed by atoms with Gasteiger partial charge in [-0.1, -0.05) is 12.2 Å². The molecule has 3 nitrogen and oxygen atoms in total. The van der Waals surface area contributed by atoms with Gasteiger partial charge in [-0.3, -0.25) is 14.9 Å². The fourth-order valence-corrected chi connectivity index (χ4v) is 1.61. The fraction of sp³-hybridized carbons (Fsp3) is 0.500. The molecule has 2 aliphatic rings. The van der Waals surface area contributed by atoms with Gasteiger partial charge >= 0.3 is 0 Å². The first-order valence-electron chi connectivity index (χ1n) is 3.79. The molecule has 0 aromatic carbocycles. The molecule has 2 amide bonds. The molecule has 3 heteroatoms. The Kier molecular flexibility index (Phi) is 1.31. The molecule has 1 aliphatic heterocycles. The van der Waals surface area contributed by atoms with Gasteiger partial charge in [-0.15, -0.1) is 0 Å². The van der Waals surface area contributed by atoms with Crippen LogP contribution in [-0.2, 0) is 9.59 Å². The fourth-order valence-electron chi connectivity index (χ4n) is 1.61. The lowest BCUT2D eigenvalue weighted by molar-refractivity contribution is -0.138. The van der Waals surface area contributed by atoms with Crippen LogP contribution in [0.3, 0.4) is 0 Å². The number of amides is 2. The van der Waals surface area contributed by atoms with Crippen LogP contribution in [0, 0.1) is 11.8 Å². The number of carbonyl (C=O) groups is 2. The molecule has 1 aliphatic carbocycles. The number of imide groups is 1. The Balaban J connectivity index is 2.28. The van der Waals surface area contributed by atoms with E-state index in [1.54, 1.807) is 0 Å². The maximum atomic E-state index is 11.0. The number of nitrogens with one attached hydrogen (secondary N) is 1. The average Bonchev–Trinajstić information content (AvgIpc) is 2.02. The highest BCUT2D eigenvalue weighted by molar-refractivity contribution is 6.01. The van der Waals surface area contributed by atoms with Crippen LogP contribution in [0.4, 0.5) is 0 Å². The summed E-state index contributed by atoms with van der Waals surface area (Å²) in [6.07, 6.45) is 5.31. The predicted octanol–water partition coefficient (Wildman–Crippen LogP) is 0.225. The van der Waals surface area contributed by atoms with Crippen LogP contribution in [0.15, 0.2) is 12.2 Å². The molecule has 1 fully saturated rings. The third-order valence-corrected chi connectivity index (χ3v) is 2.28. The van der Waals surface area contributed by atoms with Crippen LogP contribution in [0.5, 0.6) is 0 Å². The van der Waals surface area contributed by atoms with Gasteiger partial charge in [-0.05, 0) is 12.8 Å². The topological polar surface area (TPSA) is 46.2 Å². The molecule has 0 aromatic rings. The van der Waals surface area contributed by atoms with Gasteiger partial charge in [-0.25, -0.2) is 0 Å². The molecular weight excluding hydrogens is 142 g/mol. The van der Waals surface area contributed by atoms with Gasteiger partial charge in [0.25, 0.3) is 0 Å². The number of hydrogen-bond donors (Lipinski definition) is 1. The molecule has 0 saturated carbocycles. The lowest BCUT2D eigenvalue weighted by atomic mass is 9.82. The molecule has 1 N–H and O–H groups in total. The summed E-state index contributed by atoms with van der Waals surface area (Å²) in [5.41, 5.74) is 0. The van der Waals surface area contributed by atoms with E-state index in [1.807, 2.05) is 12.2 Å². The average molecular weight is 151 g/mol. The van der Waals surface area contributed by atoms with Crippen molar-refractivity contribution in [3.8, 4) is 0 Å². The molecule has 0 aromatic heterocycles. The first kappa shape index (κ1) is 6.58. The van der Waals surface area contributed by atoms with Crippen molar-refractivity contribution in [3.05, 3.63) is 12.2 Å². The van der Waals surface area contributed by atoms with E-state index in [-0.39, 0.29) is 23.7 Å². The summed E-state index contributed by atoms with van der Waals surface area (Å²) in [7, 11) is 0. The largest absolute Gasteiger partial charge is 0.296 e. The number of rotatable bonds is 0. The second-order valence-electron chi connectivity index (χ2n) is 3.06. The standard InChI is InChI=1S/C8H9NO2/c10-7-5-2-1-3-6(4-5)8(11)9-7/h1-2,5-6H,3-4H2,(H,9,10,11). The lowest BCUT2D eigenvalue weighted by Crippen LogP contribution is -2.46. The van der Waals surface area contributed by atoms with Crippen LogP contribution >= 0.6 is 0 Å². The molecule has 0 spiro atoms. The molecule has 2 unspecified atom stereocenters. The molecule has 2 atom stereocenters. The van der Waals surface area contributed by atoms with Crippen molar-refractivity contribution in [3.63, 3.8) is 0 Å². The highest BCUT2D eigenvalue weighted by Crippen LogP contribution is 2.27. The molecule has 11 heavy (non-hydrogen) atoms. The first-order chi connectivity index (χ1) is 5.27. The number of fused-ring (bicyclic) bond motifs is 2. The van der Waals surface area contributed by atoms with E-state index < -0.39 is 0 Å². The van der Waals surface area contributed by atoms with Gasteiger partial charge in [0.15, 0.2) is 0 Å². The summed E-state index contributed by atoms with van der Waals surface area (Å²) in [4.78, 5) is 22.1. The quantitative estimate of drug-likeness (QED) is 0.398. The van der Waals surface area contributed by atoms with Crippen molar-refractivity contribution in [1.82, 2.24) is 5.32 Å². The summed E-state index contributed by atoms with van der Waals surface area (Å²) < 4.78 is 0. The highest BCUT2D eigenvalue weighted by atomic mass is 16.2. The second kappa shape index (κ2) is 2.19. The SMILES string of the molecule is O=C1NC(=O)C2CC=CC1C2. The third-order valence-electron chi connectivity index (χ3n) is 2.28. The molecule has 2 rings (SSSR count). The Morgan fingerprint density at radius 2 is 2.18 bits per heavy atom. The maximum Gasteiger partial charge on any atom is 0.233 e. The van der Waals surface area contributed by atoms with E-state index in [2.05, 4.69) is 5.32 Å². The Hall–Kier alpha value is -1.12. The van der Waals surface area contributed by atoms with Crippen LogP contribution in [0.2, 0.25) is 0 Å². The zero-order chi connectivity index (χ0) is 7.84. The second-order valence-corrected chi connectivity index (χ2v) is 3.06. The van der Waals surface area contributed by atoms with Gasteiger partial charge < -0.3 is 0 Å². The van der Waals surface area contributed by atoms with Crippen LogP contribution in [0.1, 0.15) is 12.8 Å². The van der Waals surface area contributed by atoms with Gasteiger partial charge in [0.1, 0.15) is 0 Å². The van der Waals surface area contributed by atoms with E-state index in [1.165, 1.54) is 0 Å². The maximum absolute atomic E-state index is 11.0. The normalized spacial score (nSPS) is 35.3. The van der Waals surface area contributed by atoms with E-state index in [9.17, 15) is 9.59 Å². The summed E-state index contributed by atoms with van der Waals surface area (Å²) >= 11 is 0. The minimum atomic E-state index is -0.137. The molecule has 1 heterocycles. The van der Waals surface area contributed by atoms with Crippen molar-refractivity contribution in [2.24, 2.45) is 11.8 Å².